The number of halogens is 6. The Balaban J connectivity index is 0.000000264. The van der Waals surface area contributed by atoms with Crippen LogP contribution in [-0.4, -0.2) is 90.4 Å². The van der Waals surface area contributed by atoms with Gasteiger partial charge in [-0.25, -0.2) is 25.3 Å². The van der Waals surface area contributed by atoms with E-state index in [1.165, 1.54) is 30.8 Å². The molecule has 254 valence electrons. The standard InChI is InChI=1S/C18H15S.C9H14F6N3O6S3/c1-4-10-16(11-5-1)19(17-12-6-2-7-13-17)18-14-8-3-9-15-18;1-17-3-5-18(6-4-17)27(23,24)9(14,15)7(10,11)8(12,13)26(21,22)16-25(2,19)20/h1-15H;3-6H2,1-2H3/q+1;-1. The first-order valence-electron chi connectivity index (χ1n) is 13.1. The van der Waals surface area contributed by atoms with Crippen molar-refractivity contribution in [2.75, 3.05) is 39.5 Å². The molecule has 1 aliphatic heterocycles. The Morgan fingerprint density at radius 3 is 1.28 bits per heavy atom. The molecule has 3 aromatic carbocycles. The van der Waals surface area contributed by atoms with Gasteiger partial charge in [-0.3, -0.25) is 0 Å². The minimum Gasteiger partial charge on any atom is -0.431 e. The van der Waals surface area contributed by atoms with Crippen LogP contribution in [-0.2, 0) is 41.0 Å². The van der Waals surface area contributed by atoms with E-state index in [0.29, 0.717) is 0 Å². The molecule has 1 saturated heterocycles. The summed E-state index contributed by atoms with van der Waals surface area (Å²) in [4.78, 5) is 5.52. The molecule has 0 unspecified atom stereocenters. The van der Waals surface area contributed by atoms with Gasteiger partial charge in [0, 0.05) is 32.4 Å². The first-order valence-corrected chi connectivity index (χ1v) is 19.0. The van der Waals surface area contributed by atoms with Crippen molar-refractivity contribution in [1.82, 2.24) is 9.21 Å². The van der Waals surface area contributed by atoms with Gasteiger partial charge in [-0.2, -0.15) is 30.6 Å². The van der Waals surface area contributed by atoms with Crippen molar-refractivity contribution in [1.29, 1.82) is 0 Å². The Morgan fingerprint density at radius 2 is 0.957 bits per heavy atom. The number of nitrogens with zero attached hydrogens (tertiary/aromatic N) is 3. The van der Waals surface area contributed by atoms with Crippen LogP contribution < -0.4 is 0 Å². The van der Waals surface area contributed by atoms with Gasteiger partial charge in [-0.1, -0.05) is 54.6 Å². The van der Waals surface area contributed by atoms with Crippen LogP contribution in [0.1, 0.15) is 0 Å². The van der Waals surface area contributed by atoms with Gasteiger partial charge in [0.05, 0.1) is 20.9 Å². The zero-order chi connectivity index (χ0) is 34.6. The van der Waals surface area contributed by atoms with Gasteiger partial charge in [0.25, 0.3) is 10.0 Å². The zero-order valence-corrected chi connectivity index (χ0v) is 27.4. The van der Waals surface area contributed by atoms with Gasteiger partial charge >= 0.3 is 16.4 Å². The van der Waals surface area contributed by atoms with Crippen molar-refractivity contribution < 1.29 is 51.6 Å². The highest BCUT2D eigenvalue weighted by atomic mass is 32.3. The van der Waals surface area contributed by atoms with Gasteiger partial charge in [-0.15, -0.1) is 0 Å². The molecule has 4 rings (SSSR count). The van der Waals surface area contributed by atoms with E-state index in [9.17, 15) is 51.6 Å². The maximum atomic E-state index is 14.0. The molecule has 46 heavy (non-hydrogen) atoms. The predicted octanol–water partition coefficient (Wildman–Crippen LogP) is 4.83. The molecular weight excluding hydrogens is 705 g/mol. The van der Waals surface area contributed by atoms with Gasteiger partial charge in [-0.05, 0) is 43.4 Å². The van der Waals surface area contributed by atoms with E-state index in [-0.39, 0.29) is 34.5 Å². The van der Waals surface area contributed by atoms with E-state index >= 15 is 0 Å². The lowest BCUT2D eigenvalue weighted by Gasteiger charge is -2.38. The maximum absolute atomic E-state index is 14.0. The number of hydrogen-bond acceptors (Lipinski definition) is 7. The lowest BCUT2D eigenvalue weighted by molar-refractivity contribution is -0.244. The van der Waals surface area contributed by atoms with Crippen LogP contribution in [0.5, 0.6) is 0 Å². The third kappa shape index (κ3) is 8.06. The summed E-state index contributed by atoms with van der Waals surface area (Å²) in [6.07, 6.45) is -0.0715. The quantitative estimate of drug-likeness (QED) is 0.216. The van der Waals surface area contributed by atoms with Crippen LogP contribution in [0, 0.1) is 0 Å². The summed E-state index contributed by atoms with van der Waals surface area (Å²) in [6.45, 7) is -1.84. The first kappa shape index (κ1) is 37.8. The van der Waals surface area contributed by atoms with Crippen LogP contribution >= 0.6 is 0 Å². The molecule has 1 aliphatic rings. The van der Waals surface area contributed by atoms with E-state index in [4.69, 9.17) is 0 Å². The number of hydrogen-bond donors (Lipinski definition) is 0. The van der Waals surface area contributed by atoms with E-state index in [1.807, 2.05) is 0 Å². The molecule has 0 saturated carbocycles. The summed E-state index contributed by atoms with van der Waals surface area (Å²) in [5.41, 5.74) is 0. The Kier molecular flexibility index (Phi) is 11.7. The normalized spacial score (nSPS) is 16.1. The largest absolute Gasteiger partial charge is 0.431 e. The van der Waals surface area contributed by atoms with Crippen LogP contribution in [0.4, 0.5) is 26.3 Å². The molecule has 9 nitrogen and oxygen atoms in total. The summed E-state index contributed by atoms with van der Waals surface area (Å²) in [6, 6.07) is 32.2. The Bertz CT molecular complexity index is 1690. The van der Waals surface area contributed by atoms with Crippen molar-refractivity contribution >= 4 is 41.0 Å². The second-order valence-electron chi connectivity index (χ2n) is 9.84. The van der Waals surface area contributed by atoms with Gasteiger partial charge in [0.1, 0.15) is 0 Å². The third-order valence-corrected chi connectivity index (χ3v) is 13.3. The molecular formula is C27H29F6N3O6S4. The van der Waals surface area contributed by atoms with Crippen molar-refractivity contribution in [3.63, 3.8) is 0 Å². The number of piperazine rings is 1. The van der Waals surface area contributed by atoms with Crippen molar-refractivity contribution in [3.8, 4) is 0 Å². The molecule has 0 N–H and O–H groups in total. The Labute approximate surface area is 266 Å². The summed E-state index contributed by atoms with van der Waals surface area (Å²) < 4.78 is 152. The average molecular weight is 734 g/mol. The van der Waals surface area contributed by atoms with Gasteiger partial charge in [0.15, 0.2) is 24.7 Å². The number of sulfonamides is 3. The molecule has 0 radical (unpaired) electrons. The molecule has 19 heteroatoms. The number of alkyl halides is 6. The fourth-order valence-electron chi connectivity index (χ4n) is 3.99. The molecule has 0 bridgehead atoms. The van der Waals surface area contributed by atoms with Crippen LogP contribution in [0.15, 0.2) is 106 Å². The topological polar surface area (TPSA) is 123 Å². The third-order valence-electron chi connectivity index (χ3n) is 6.35. The van der Waals surface area contributed by atoms with E-state index in [0.717, 1.165) is 0 Å². The van der Waals surface area contributed by atoms with Gasteiger partial charge < -0.3 is 9.03 Å². The lowest BCUT2D eigenvalue weighted by Crippen LogP contribution is -2.64. The summed E-state index contributed by atoms with van der Waals surface area (Å²) in [7, 11) is -17.3. The second kappa shape index (κ2) is 14.2. The van der Waals surface area contributed by atoms with E-state index in [1.54, 1.807) is 0 Å². The monoisotopic (exact) mass is 733 g/mol. The van der Waals surface area contributed by atoms with Crippen molar-refractivity contribution in [2.45, 2.75) is 31.1 Å². The Morgan fingerprint density at radius 1 is 0.609 bits per heavy atom. The second-order valence-corrected chi connectivity index (χ2v) is 17.4. The zero-order valence-electron chi connectivity index (χ0n) is 24.2. The van der Waals surface area contributed by atoms with Crippen molar-refractivity contribution in [2.24, 2.45) is 0 Å². The average Bonchev–Trinajstić information content (AvgIpc) is 2.98. The molecule has 0 amide bonds. The summed E-state index contributed by atoms with van der Waals surface area (Å²) >= 11 is 0. The highest BCUT2D eigenvalue weighted by Crippen LogP contribution is 2.52. The van der Waals surface area contributed by atoms with Crippen LogP contribution in [0.3, 0.4) is 0 Å². The van der Waals surface area contributed by atoms with Crippen molar-refractivity contribution in [3.05, 3.63) is 95.1 Å². The smallest absolute Gasteiger partial charge is 0.428 e. The maximum Gasteiger partial charge on any atom is 0.428 e. The first-order chi connectivity index (χ1) is 21.2. The fourth-order valence-corrected chi connectivity index (χ4v) is 9.83. The molecule has 0 spiro atoms. The SMILES string of the molecule is CN1CCN(S(=O)(=O)C(F)(F)C(F)(F)C(F)(F)S(=O)(=O)[N-]S(C)(=O)=O)CC1.c1ccc([S+](c2ccccc2)c2ccccc2)cc1. The Hall–Kier alpha value is -2.68. The molecule has 1 heterocycles. The molecule has 0 aromatic heterocycles. The molecule has 1 fully saturated rings. The highest BCUT2D eigenvalue weighted by molar-refractivity contribution is 8.12. The van der Waals surface area contributed by atoms with Crippen LogP contribution in [0.2, 0.25) is 0 Å². The number of rotatable bonds is 10. The molecule has 3 aromatic rings. The predicted molar refractivity (Wildman–Crippen MR) is 161 cm³/mol. The molecule has 0 aliphatic carbocycles. The van der Waals surface area contributed by atoms with Gasteiger partial charge in [0.2, 0.25) is 0 Å². The highest BCUT2D eigenvalue weighted by Gasteiger charge is 2.81. The van der Waals surface area contributed by atoms with E-state index in [2.05, 4.69) is 91.0 Å². The van der Waals surface area contributed by atoms with E-state index < -0.39 is 59.6 Å². The fraction of sp³-hybridized carbons (Fsp3) is 0.333. The summed E-state index contributed by atoms with van der Waals surface area (Å²) in [5, 5.41) is -13.4. The minimum atomic E-state index is -7.08. The van der Waals surface area contributed by atoms with Crippen LogP contribution in [0.25, 0.3) is 4.13 Å². The number of benzene rings is 3. The molecule has 0 atom stereocenters. The minimum absolute atomic E-state index is 0.0146. The lowest BCUT2D eigenvalue weighted by atomic mass is 10.3. The summed E-state index contributed by atoms with van der Waals surface area (Å²) in [5.74, 6) is -7.03. The number of likely N-dealkylation sites (N-methyl/N-ethyl adjacent to an activating group) is 1.